The summed E-state index contributed by atoms with van der Waals surface area (Å²) in [5.41, 5.74) is 14.1. The molecule has 2 heterocycles. The van der Waals surface area contributed by atoms with Crippen LogP contribution in [0, 0.1) is 0 Å². The van der Waals surface area contributed by atoms with Gasteiger partial charge in [-0.1, -0.05) is 84.4 Å². The van der Waals surface area contributed by atoms with Crippen molar-refractivity contribution in [1.82, 2.24) is 9.13 Å². The minimum Gasteiger partial charge on any atom is -0.465 e. The Morgan fingerprint density at radius 1 is 0.667 bits per heavy atom. The molecule has 5 aromatic carbocycles. The summed E-state index contributed by atoms with van der Waals surface area (Å²) in [6.45, 7) is 1.74. The molecular weight excluding hydrogens is 578 g/mol. The number of benzene rings is 5. The van der Waals surface area contributed by atoms with Gasteiger partial charge >= 0.3 is 5.97 Å². The topological polar surface area (TPSA) is 62.2 Å². The van der Waals surface area contributed by atoms with Gasteiger partial charge < -0.3 is 19.6 Å². The first kappa shape index (κ1) is 29.8. The second kappa shape index (κ2) is 13.6. The molecule has 0 aliphatic carbocycles. The molecule has 7 rings (SSSR count). The van der Waals surface area contributed by atoms with E-state index in [1.807, 2.05) is 30.3 Å². The van der Waals surface area contributed by atoms with Gasteiger partial charge in [0.2, 0.25) is 0 Å². The lowest BCUT2D eigenvalue weighted by Crippen LogP contribution is -2.06. The monoisotopic (exact) mass is 611 g/mol. The highest BCUT2D eigenvalue weighted by molar-refractivity contribution is 6.31. The van der Waals surface area contributed by atoms with Gasteiger partial charge in [0.1, 0.15) is 0 Å². The van der Waals surface area contributed by atoms with E-state index in [1.165, 1.54) is 40.0 Å². The third-order valence-corrected chi connectivity index (χ3v) is 8.13. The summed E-state index contributed by atoms with van der Waals surface area (Å²) in [5.74, 6) is -0.368. The molecule has 0 atom stereocenters. The molecule has 0 bridgehead atoms. The number of esters is 1. The van der Waals surface area contributed by atoms with Crippen LogP contribution in [0.5, 0.6) is 0 Å². The maximum Gasteiger partial charge on any atom is 0.338 e. The number of rotatable bonds is 7. The molecule has 6 heteroatoms. The molecule has 0 unspecified atom stereocenters. The zero-order valence-corrected chi connectivity index (χ0v) is 25.8. The van der Waals surface area contributed by atoms with Crippen molar-refractivity contribution >= 4 is 45.1 Å². The number of nitrogens with zero attached hydrogens (tertiary/aromatic N) is 2. The van der Waals surface area contributed by atoms with Crippen LogP contribution in [-0.4, -0.2) is 22.2 Å². The minimum absolute atomic E-state index is 0.368. The average molecular weight is 612 g/mol. The van der Waals surface area contributed by atoms with Crippen LogP contribution in [0.4, 0.5) is 5.69 Å². The third-order valence-electron chi connectivity index (χ3n) is 7.89. The molecule has 0 spiro atoms. The lowest BCUT2D eigenvalue weighted by molar-refractivity contribution is 0.0599. The quantitative estimate of drug-likeness (QED) is 0.144. The van der Waals surface area contributed by atoms with Gasteiger partial charge in [0, 0.05) is 52.6 Å². The standard InChI is InChI=1S/C24H20ClNO2.C15H14N2/c1-28-24(27)22-15-21(25)9-8-19(22)13-18-7-10-23-20(14-18)11-12-26(23)16-17-5-3-2-4-6-17;16-14-6-7-15-13(10-14)8-9-17(15)11-12-4-2-1-3-5-12/h2-12,14-15H,13,16H2,1H3;1-10H,11,16H2. The Hall–Kier alpha value is -5.26. The van der Waals surface area contributed by atoms with Gasteiger partial charge in [0.15, 0.2) is 0 Å². The third kappa shape index (κ3) is 7.11. The number of methoxy groups -OCH3 is 1. The van der Waals surface area contributed by atoms with E-state index in [9.17, 15) is 4.79 Å². The predicted molar refractivity (Wildman–Crippen MR) is 185 cm³/mol. The molecule has 2 N–H and O–H groups in total. The normalized spacial score (nSPS) is 10.9. The highest BCUT2D eigenvalue weighted by Gasteiger charge is 2.13. The van der Waals surface area contributed by atoms with Crippen LogP contribution >= 0.6 is 11.6 Å². The van der Waals surface area contributed by atoms with Crippen molar-refractivity contribution in [2.75, 3.05) is 12.8 Å². The van der Waals surface area contributed by atoms with Crippen LogP contribution in [0.15, 0.2) is 140 Å². The van der Waals surface area contributed by atoms with E-state index in [2.05, 4.69) is 106 Å². The Morgan fingerprint density at radius 2 is 1.24 bits per heavy atom. The number of anilines is 1. The van der Waals surface area contributed by atoms with Crippen molar-refractivity contribution in [2.45, 2.75) is 19.5 Å². The van der Waals surface area contributed by atoms with Crippen molar-refractivity contribution in [2.24, 2.45) is 0 Å². The van der Waals surface area contributed by atoms with E-state index in [0.717, 1.165) is 29.9 Å². The van der Waals surface area contributed by atoms with Crippen molar-refractivity contribution < 1.29 is 9.53 Å². The van der Waals surface area contributed by atoms with Crippen LogP contribution in [0.3, 0.4) is 0 Å². The summed E-state index contributed by atoms with van der Waals surface area (Å²) in [4.78, 5) is 12.1. The van der Waals surface area contributed by atoms with Gasteiger partial charge in [-0.2, -0.15) is 0 Å². The minimum atomic E-state index is -0.368. The predicted octanol–water partition coefficient (Wildman–Crippen LogP) is 8.99. The smallest absolute Gasteiger partial charge is 0.338 e. The van der Waals surface area contributed by atoms with E-state index < -0.39 is 0 Å². The molecule has 45 heavy (non-hydrogen) atoms. The first-order chi connectivity index (χ1) is 22.0. The van der Waals surface area contributed by atoms with Gasteiger partial charge in [0.25, 0.3) is 0 Å². The SMILES string of the molecule is COC(=O)c1cc(Cl)ccc1Cc1ccc2c(ccn2Cc2ccccc2)c1.Nc1ccc2c(ccn2Cc2ccccc2)c1. The molecule has 0 saturated heterocycles. The maximum absolute atomic E-state index is 12.1. The Labute approximate surface area is 268 Å². The van der Waals surface area contributed by atoms with Crippen LogP contribution in [0.1, 0.15) is 32.6 Å². The van der Waals surface area contributed by atoms with Crippen molar-refractivity contribution in [3.8, 4) is 0 Å². The van der Waals surface area contributed by atoms with Gasteiger partial charge in [-0.05, 0) is 88.7 Å². The number of carbonyl (C=O) groups is 1. The molecule has 0 aliphatic rings. The van der Waals surface area contributed by atoms with Crippen LogP contribution in [0.25, 0.3) is 21.8 Å². The van der Waals surface area contributed by atoms with Gasteiger partial charge in [-0.15, -0.1) is 0 Å². The molecule has 0 fully saturated rings. The van der Waals surface area contributed by atoms with Crippen molar-refractivity contribution in [1.29, 1.82) is 0 Å². The number of carbonyl (C=O) groups excluding carboxylic acids is 1. The summed E-state index contributed by atoms with van der Waals surface area (Å²) in [5, 5.41) is 2.90. The number of hydrogen-bond acceptors (Lipinski definition) is 3. The second-order valence-corrected chi connectivity index (χ2v) is 11.5. The molecule has 2 aromatic heterocycles. The number of hydrogen-bond donors (Lipinski definition) is 1. The fourth-order valence-electron chi connectivity index (χ4n) is 5.64. The van der Waals surface area contributed by atoms with E-state index in [0.29, 0.717) is 17.0 Å². The summed E-state index contributed by atoms with van der Waals surface area (Å²) < 4.78 is 9.39. The van der Waals surface area contributed by atoms with Crippen LogP contribution < -0.4 is 5.73 Å². The van der Waals surface area contributed by atoms with Gasteiger partial charge in [-0.3, -0.25) is 0 Å². The average Bonchev–Trinajstić information content (AvgIpc) is 3.65. The summed E-state index contributed by atoms with van der Waals surface area (Å²) >= 11 is 6.06. The number of aromatic nitrogens is 2. The van der Waals surface area contributed by atoms with Gasteiger partial charge in [0.05, 0.1) is 12.7 Å². The molecule has 224 valence electrons. The number of nitrogen functional groups attached to an aromatic ring is 1. The maximum atomic E-state index is 12.1. The van der Waals surface area contributed by atoms with Crippen molar-refractivity contribution in [3.05, 3.63) is 173 Å². The Balaban J connectivity index is 0.000000179. The fraction of sp³-hybridized carbons (Fsp3) is 0.103. The molecule has 0 aliphatic heterocycles. The molecule has 7 aromatic rings. The number of fused-ring (bicyclic) bond motifs is 2. The molecular formula is C39H34ClN3O2. The second-order valence-electron chi connectivity index (χ2n) is 11.0. The molecule has 0 radical (unpaired) electrons. The summed E-state index contributed by atoms with van der Waals surface area (Å²) in [6, 6.07) is 42.9. The Kier molecular flexibility index (Phi) is 8.99. The van der Waals surface area contributed by atoms with E-state index in [4.69, 9.17) is 22.1 Å². The summed E-state index contributed by atoms with van der Waals surface area (Å²) in [6.07, 6.45) is 4.86. The summed E-state index contributed by atoms with van der Waals surface area (Å²) in [7, 11) is 1.38. The lowest BCUT2D eigenvalue weighted by Gasteiger charge is -2.10. The zero-order chi connectivity index (χ0) is 31.2. The Morgan fingerprint density at radius 3 is 1.84 bits per heavy atom. The molecule has 5 nitrogen and oxygen atoms in total. The Bertz CT molecular complexity index is 2060. The highest BCUT2D eigenvalue weighted by Crippen LogP contribution is 2.24. The van der Waals surface area contributed by atoms with Gasteiger partial charge in [-0.25, -0.2) is 4.79 Å². The lowest BCUT2D eigenvalue weighted by atomic mass is 9.99. The zero-order valence-electron chi connectivity index (χ0n) is 25.1. The molecule has 0 saturated carbocycles. The van der Waals surface area contributed by atoms with E-state index in [-0.39, 0.29) is 5.97 Å². The first-order valence-corrected chi connectivity index (χ1v) is 15.2. The van der Waals surface area contributed by atoms with Crippen LogP contribution in [-0.2, 0) is 24.2 Å². The fourth-order valence-corrected chi connectivity index (χ4v) is 5.81. The number of ether oxygens (including phenoxy) is 1. The largest absolute Gasteiger partial charge is 0.465 e. The first-order valence-electron chi connectivity index (χ1n) is 14.8. The van der Waals surface area contributed by atoms with Crippen molar-refractivity contribution in [3.63, 3.8) is 0 Å². The van der Waals surface area contributed by atoms with E-state index >= 15 is 0 Å². The number of nitrogens with two attached hydrogens (primary N) is 1. The molecule has 0 amide bonds. The van der Waals surface area contributed by atoms with Crippen LogP contribution in [0.2, 0.25) is 5.02 Å². The van der Waals surface area contributed by atoms with E-state index in [1.54, 1.807) is 12.1 Å². The number of halogens is 1. The highest BCUT2D eigenvalue weighted by atomic mass is 35.5.